The number of hydrogen-bond acceptors (Lipinski definition) is 3. The Bertz CT molecular complexity index is 611. The molecule has 2 aromatic rings. The van der Waals surface area contributed by atoms with Gasteiger partial charge in [-0.2, -0.15) is 0 Å². The fourth-order valence-electron chi connectivity index (χ4n) is 3.03. The zero-order chi connectivity index (χ0) is 14.7. The third-order valence-corrected chi connectivity index (χ3v) is 4.93. The summed E-state index contributed by atoms with van der Waals surface area (Å²) in [5, 5.41) is 4.61. The molecule has 1 aliphatic rings. The van der Waals surface area contributed by atoms with E-state index in [0.717, 1.165) is 54.1 Å². The van der Waals surface area contributed by atoms with E-state index in [-0.39, 0.29) is 6.04 Å². The lowest BCUT2D eigenvalue weighted by Crippen LogP contribution is -2.25. The van der Waals surface area contributed by atoms with E-state index in [4.69, 9.17) is 9.72 Å². The van der Waals surface area contributed by atoms with E-state index in [1.165, 1.54) is 5.39 Å². The molecule has 4 heteroatoms. The Morgan fingerprint density at radius 3 is 2.86 bits per heavy atom. The van der Waals surface area contributed by atoms with E-state index in [9.17, 15) is 0 Å². The Balaban J connectivity index is 1.86. The van der Waals surface area contributed by atoms with Crippen molar-refractivity contribution in [2.75, 3.05) is 20.3 Å². The molecule has 0 amide bonds. The fraction of sp³-hybridized carbons (Fsp3) is 0.471. The summed E-state index contributed by atoms with van der Waals surface area (Å²) in [6.45, 7) is 1.79. The zero-order valence-electron chi connectivity index (χ0n) is 12.3. The number of para-hydroxylation sites is 1. The third-order valence-electron chi connectivity index (χ3n) is 4.29. The van der Waals surface area contributed by atoms with Crippen LogP contribution in [0.4, 0.5) is 0 Å². The molecule has 1 unspecified atom stereocenters. The van der Waals surface area contributed by atoms with Crippen molar-refractivity contribution in [1.82, 2.24) is 10.3 Å². The number of fused-ring (bicyclic) bond motifs is 1. The van der Waals surface area contributed by atoms with Gasteiger partial charge < -0.3 is 10.1 Å². The van der Waals surface area contributed by atoms with Crippen LogP contribution in [-0.2, 0) is 4.74 Å². The lowest BCUT2D eigenvalue weighted by atomic mass is 9.91. The van der Waals surface area contributed by atoms with Gasteiger partial charge in [0.2, 0.25) is 0 Å². The van der Waals surface area contributed by atoms with E-state index in [0.29, 0.717) is 0 Å². The van der Waals surface area contributed by atoms with E-state index < -0.39 is 0 Å². The first-order chi connectivity index (χ1) is 10.3. The number of benzene rings is 1. The van der Waals surface area contributed by atoms with Crippen LogP contribution in [0.3, 0.4) is 0 Å². The normalized spacial score (nSPS) is 18.0. The van der Waals surface area contributed by atoms with Gasteiger partial charge in [-0.3, -0.25) is 0 Å². The second kappa shape index (κ2) is 6.86. The molecule has 21 heavy (non-hydrogen) atoms. The molecule has 1 aromatic carbocycles. The Morgan fingerprint density at radius 2 is 2.10 bits per heavy atom. The maximum absolute atomic E-state index is 5.46. The molecule has 2 heterocycles. The van der Waals surface area contributed by atoms with Crippen LogP contribution in [0.15, 0.2) is 34.8 Å². The summed E-state index contributed by atoms with van der Waals surface area (Å²) in [6.07, 6.45) is 3.43. The second-order valence-corrected chi connectivity index (χ2v) is 6.54. The number of nitrogens with one attached hydrogen (secondary N) is 1. The highest BCUT2D eigenvalue weighted by molar-refractivity contribution is 9.10. The minimum atomic E-state index is 0.284. The maximum atomic E-state index is 5.46. The van der Waals surface area contributed by atoms with Crippen molar-refractivity contribution in [2.24, 2.45) is 5.92 Å². The number of aromatic nitrogens is 1. The van der Waals surface area contributed by atoms with E-state index >= 15 is 0 Å². The summed E-state index contributed by atoms with van der Waals surface area (Å²) in [6, 6.07) is 10.7. The summed E-state index contributed by atoms with van der Waals surface area (Å²) in [5.74, 6) is 0.719. The monoisotopic (exact) mass is 348 g/mol. The molecule has 0 bridgehead atoms. The Hall–Kier alpha value is -0.970. The van der Waals surface area contributed by atoms with E-state index in [1.54, 1.807) is 0 Å². The first-order valence-electron chi connectivity index (χ1n) is 7.58. The molecule has 1 fully saturated rings. The molecule has 0 saturated carbocycles. The maximum Gasteiger partial charge on any atom is 0.0722 e. The van der Waals surface area contributed by atoms with Crippen molar-refractivity contribution in [3.8, 4) is 0 Å². The van der Waals surface area contributed by atoms with Gasteiger partial charge in [0.05, 0.1) is 17.3 Å². The lowest BCUT2D eigenvalue weighted by Gasteiger charge is -2.27. The highest BCUT2D eigenvalue weighted by Crippen LogP contribution is 2.32. The second-order valence-electron chi connectivity index (χ2n) is 5.68. The highest BCUT2D eigenvalue weighted by atomic mass is 79.9. The summed E-state index contributed by atoms with van der Waals surface area (Å²) in [5.41, 5.74) is 2.17. The summed E-state index contributed by atoms with van der Waals surface area (Å²) in [4.78, 5) is 4.87. The molecule has 0 aliphatic carbocycles. The fourth-order valence-corrected chi connectivity index (χ4v) is 3.64. The first kappa shape index (κ1) is 14.9. The van der Waals surface area contributed by atoms with Crippen molar-refractivity contribution in [1.29, 1.82) is 0 Å². The molecule has 3 nitrogen and oxygen atoms in total. The molecule has 3 rings (SSSR count). The van der Waals surface area contributed by atoms with Crippen molar-refractivity contribution in [2.45, 2.75) is 25.3 Å². The average molecular weight is 349 g/mol. The first-order valence-corrected chi connectivity index (χ1v) is 8.37. The summed E-state index contributed by atoms with van der Waals surface area (Å²) >= 11 is 3.70. The van der Waals surface area contributed by atoms with Gasteiger partial charge in [0.1, 0.15) is 0 Å². The van der Waals surface area contributed by atoms with E-state index in [2.05, 4.69) is 39.4 Å². The third kappa shape index (κ3) is 3.44. The number of hydrogen-bond donors (Lipinski definition) is 1. The van der Waals surface area contributed by atoms with Crippen molar-refractivity contribution in [3.05, 3.63) is 40.5 Å². The SMILES string of the molecule is CNC(CC1CCOCC1)c1nc2ccccc2cc1Br. The van der Waals surface area contributed by atoms with Crippen molar-refractivity contribution >= 4 is 26.8 Å². The van der Waals surface area contributed by atoms with Crippen LogP contribution < -0.4 is 5.32 Å². The predicted octanol–water partition coefficient (Wildman–Crippen LogP) is 4.07. The van der Waals surface area contributed by atoms with Crippen LogP contribution in [0.5, 0.6) is 0 Å². The van der Waals surface area contributed by atoms with Crippen LogP contribution >= 0.6 is 15.9 Å². The molecule has 1 aromatic heterocycles. The molecule has 112 valence electrons. The van der Waals surface area contributed by atoms with Gasteiger partial charge in [-0.15, -0.1) is 0 Å². The Labute approximate surface area is 134 Å². The largest absolute Gasteiger partial charge is 0.381 e. The lowest BCUT2D eigenvalue weighted by molar-refractivity contribution is 0.0606. The van der Waals surface area contributed by atoms with Gasteiger partial charge in [0, 0.05) is 23.1 Å². The number of nitrogens with zero attached hydrogens (tertiary/aromatic N) is 1. The molecule has 1 saturated heterocycles. The molecular weight excluding hydrogens is 328 g/mol. The Kier molecular flexibility index (Phi) is 4.88. The van der Waals surface area contributed by atoms with Gasteiger partial charge in [0.15, 0.2) is 0 Å². The Morgan fingerprint density at radius 1 is 1.33 bits per heavy atom. The van der Waals surface area contributed by atoms with Crippen molar-refractivity contribution < 1.29 is 4.74 Å². The minimum absolute atomic E-state index is 0.284. The summed E-state index contributed by atoms with van der Waals surface area (Å²) in [7, 11) is 2.02. The van der Waals surface area contributed by atoms with Gasteiger partial charge >= 0.3 is 0 Å². The zero-order valence-corrected chi connectivity index (χ0v) is 13.9. The number of pyridine rings is 1. The summed E-state index contributed by atoms with van der Waals surface area (Å²) < 4.78 is 6.55. The molecule has 0 radical (unpaired) electrons. The van der Waals surface area contributed by atoms with Crippen LogP contribution in [-0.4, -0.2) is 25.2 Å². The molecule has 1 N–H and O–H groups in total. The molecular formula is C17H21BrN2O. The van der Waals surface area contributed by atoms with Gasteiger partial charge in [-0.05, 0) is 60.3 Å². The number of ether oxygens (including phenoxy) is 1. The molecule has 0 spiro atoms. The van der Waals surface area contributed by atoms with Crippen LogP contribution in [0.25, 0.3) is 10.9 Å². The average Bonchev–Trinajstić information content (AvgIpc) is 2.53. The minimum Gasteiger partial charge on any atom is -0.381 e. The van der Waals surface area contributed by atoms with Crippen LogP contribution in [0, 0.1) is 5.92 Å². The standard InChI is InChI=1S/C17H21BrN2O/c1-19-16(10-12-6-8-21-9-7-12)17-14(18)11-13-4-2-3-5-15(13)20-17/h2-5,11-12,16,19H,6-10H2,1H3. The van der Waals surface area contributed by atoms with Crippen LogP contribution in [0.2, 0.25) is 0 Å². The molecule has 1 atom stereocenters. The van der Waals surface area contributed by atoms with Crippen molar-refractivity contribution in [3.63, 3.8) is 0 Å². The van der Waals surface area contributed by atoms with Crippen LogP contribution in [0.1, 0.15) is 31.0 Å². The van der Waals surface area contributed by atoms with Gasteiger partial charge in [-0.25, -0.2) is 4.98 Å². The van der Waals surface area contributed by atoms with Gasteiger partial charge in [-0.1, -0.05) is 18.2 Å². The smallest absolute Gasteiger partial charge is 0.0722 e. The number of halogens is 1. The van der Waals surface area contributed by atoms with E-state index in [1.807, 2.05) is 19.2 Å². The highest BCUT2D eigenvalue weighted by Gasteiger charge is 2.22. The van der Waals surface area contributed by atoms with Gasteiger partial charge in [0.25, 0.3) is 0 Å². The quantitative estimate of drug-likeness (QED) is 0.903. The topological polar surface area (TPSA) is 34.1 Å². The predicted molar refractivity (Wildman–Crippen MR) is 89.4 cm³/mol. The number of rotatable bonds is 4. The molecule has 1 aliphatic heterocycles.